The molecule has 0 saturated carbocycles. The van der Waals surface area contributed by atoms with Crippen molar-refractivity contribution in [2.24, 2.45) is 0 Å². The van der Waals surface area contributed by atoms with Crippen molar-refractivity contribution < 1.29 is 0 Å². The molecular formula is C49H30N2. The van der Waals surface area contributed by atoms with Gasteiger partial charge in [-0.2, -0.15) is 0 Å². The fraction of sp³-hybridized carbons (Fsp3) is 0. The minimum Gasteiger partial charge on any atom is -0.309 e. The lowest BCUT2D eigenvalue weighted by atomic mass is 9.92. The van der Waals surface area contributed by atoms with Gasteiger partial charge in [0.1, 0.15) is 0 Å². The lowest BCUT2D eigenvalue weighted by molar-refractivity contribution is 1.23. The zero-order valence-electron chi connectivity index (χ0n) is 27.7. The summed E-state index contributed by atoms with van der Waals surface area (Å²) in [6, 6.07) is 62.4. The van der Waals surface area contributed by atoms with Crippen LogP contribution >= 0.6 is 0 Å². The van der Waals surface area contributed by atoms with Gasteiger partial charge in [-0.1, -0.05) is 115 Å². The Hall–Kier alpha value is -6.77. The van der Waals surface area contributed by atoms with Crippen molar-refractivity contribution in [3.05, 3.63) is 182 Å². The van der Waals surface area contributed by atoms with Crippen LogP contribution in [-0.2, 0) is 0 Å². The molecule has 9 aromatic rings. The molecule has 8 aromatic carbocycles. The molecule has 2 aliphatic rings. The first-order valence-electron chi connectivity index (χ1n) is 17.5. The van der Waals surface area contributed by atoms with Gasteiger partial charge in [-0.25, -0.2) is 0 Å². The Bertz CT molecular complexity index is 2650. The van der Waals surface area contributed by atoms with E-state index in [0.717, 1.165) is 17.1 Å². The summed E-state index contributed by atoms with van der Waals surface area (Å²) in [5.74, 6) is 0. The number of para-hydroxylation sites is 1. The molecule has 2 nitrogen and oxygen atoms in total. The Kier molecular flexibility index (Phi) is 5.99. The van der Waals surface area contributed by atoms with Crippen LogP contribution in [0.4, 0.5) is 17.1 Å². The topological polar surface area (TPSA) is 16.1 Å². The second-order valence-corrected chi connectivity index (χ2v) is 13.6. The normalized spacial score (nSPS) is 11.9. The second kappa shape index (κ2) is 10.9. The van der Waals surface area contributed by atoms with Gasteiger partial charge in [0.2, 0.25) is 0 Å². The van der Waals surface area contributed by atoms with Crippen LogP contribution < -0.4 is 4.90 Å². The van der Waals surface area contributed by atoms with Crippen LogP contribution in [0.1, 0.15) is 0 Å². The molecule has 2 heteroatoms. The number of hydrogen-bond acceptors (Lipinski definition) is 2. The van der Waals surface area contributed by atoms with E-state index in [2.05, 4.69) is 174 Å². The minimum absolute atomic E-state index is 1.01. The maximum atomic E-state index is 4.53. The number of aromatic nitrogens is 1. The summed E-state index contributed by atoms with van der Waals surface area (Å²) in [7, 11) is 0. The van der Waals surface area contributed by atoms with E-state index in [1.54, 1.807) is 0 Å². The molecule has 11 rings (SSSR count). The molecule has 0 fully saturated rings. The molecule has 0 bridgehead atoms. The van der Waals surface area contributed by atoms with Gasteiger partial charge in [-0.3, -0.25) is 4.98 Å². The third-order valence-electron chi connectivity index (χ3n) is 10.8. The zero-order chi connectivity index (χ0) is 33.5. The van der Waals surface area contributed by atoms with Crippen LogP contribution in [0.25, 0.3) is 88.3 Å². The molecule has 0 saturated heterocycles. The highest BCUT2D eigenvalue weighted by atomic mass is 15.1. The van der Waals surface area contributed by atoms with Gasteiger partial charge in [0.15, 0.2) is 0 Å². The van der Waals surface area contributed by atoms with Crippen LogP contribution in [0, 0.1) is 0 Å². The first-order valence-corrected chi connectivity index (χ1v) is 17.5. The fourth-order valence-corrected chi connectivity index (χ4v) is 8.53. The number of hydrogen-bond donors (Lipinski definition) is 0. The Morgan fingerprint density at radius 2 is 0.824 bits per heavy atom. The van der Waals surface area contributed by atoms with Crippen molar-refractivity contribution in [2.75, 3.05) is 4.90 Å². The Morgan fingerprint density at radius 1 is 0.314 bits per heavy atom. The largest absolute Gasteiger partial charge is 0.309 e. The summed E-state index contributed by atoms with van der Waals surface area (Å²) in [6.45, 7) is 0. The van der Waals surface area contributed by atoms with E-state index < -0.39 is 0 Å². The van der Waals surface area contributed by atoms with E-state index in [1.807, 2.05) is 18.5 Å². The summed E-state index contributed by atoms with van der Waals surface area (Å²) >= 11 is 0. The van der Waals surface area contributed by atoms with Gasteiger partial charge < -0.3 is 4.90 Å². The number of benzene rings is 8. The van der Waals surface area contributed by atoms with E-state index in [-0.39, 0.29) is 0 Å². The van der Waals surface area contributed by atoms with Crippen molar-refractivity contribution >= 4 is 38.6 Å². The van der Waals surface area contributed by atoms with Gasteiger partial charge >= 0.3 is 0 Å². The second-order valence-electron chi connectivity index (χ2n) is 13.6. The van der Waals surface area contributed by atoms with Crippen LogP contribution in [0.15, 0.2) is 182 Å². The third-order valence-corrected chi connectivity index (χ3v) is 10.8. The minimum atomic E-state index is 1.01. The van der Waals surface area contributed by atoms with Gasteiger partial charge in [0.25, 0.3) is 0 Å². The Balaban J connectivity index is 1.13. The van der Waals surface area contributed by atoms with Gasteiger partial charge in [-0.05, 0) is 143 Å². The summed E-state index contributed by atoms with van der Waals surface area (Å²) in [5, 5.41) is 5.28. The Morgan fingerprint density at radius 3 is 1.33 bits per heavy atom. The summed E-state index contributed by atoms with van der Waals surface area (Å²) < 4.78 is 0. The average molecular weight is 647 g/mol. The molecule has 0 amide bonds. The molecule has 0 atom stereocenters. The van der Waals surface area contributed by atoms with E-state index in [4.69, 9.17) is 0 Å². The summed E-state index contributed by atoms with van der Waals surface area (Å²) in [4.78, 5) is 6.84. The quantitative estimate of drug-likeness (QED) is 0.185. The smallest absolute Gasteiger partial charge is 0.0644 e. The van der Waals surface area contributed by atoms with Gasteiger partial charge in [-0.15, -0.1) is 0 Å². The molecule has 0 N–H and O–H groups in total. The number of pyridine rings is 1. The lowest BCUT2D eigenvalue weighted by Gasteiger charge is -2.26. The predicted molar refractivity (Wildman–Crippen MR) is 214 cm³/mol. The molecule has 0 radical (unpaired) electrons. The molecule has 1 aromatic heterocycles. The highest BCUT2D eigenvalue weighted by molar-refractivity contribution is 6.17. The number of nitrogens with zero attached hydrogens (tertiary/aromatic N) is 2. The van der Waals surface area contributed by atoms with Crippen LogP contribution in [0.5, 0.6) is 0 Å². The predicted octanol–water partition coefficient (Wildman–Crippen LogP) is 13.5. The molecule has 1 heterocycles. The Labute approximate surface area is 296 Å². The number of rotatable bonds is 5. The van der Waals surface area contributed by atoms with Crippen molar-refractivity contribution in [3.63, 3.8) is 0 Å². The number of fused-ring (bicyclic) bond motifs is 6. The number of anilines is 3. The van der Waals surface area contributed by atoms with Gasteiger partial charge in [0.05, 0.1) is 11.9 Å². The molecule has 236 valence electrons. The van der Waals surface area contributed by atoms with Crippen molar-refractivity contribution in [1.82, 2.24) is 4.98 Å². The van der Waals surface area contributed by atoms with Crippen LogP contribution in [0.3, 0.4) is 0 Å². The van der Waals surface area contributed by atoms with E-state index in [9.17, 15) is 0 Å². The third kappa shape index (κ3) is 4.27. The summed E-state index contributed by atoms with van der Waals surface area (Å²) in [5.41, 5.74) is 18.4. The average Bonchev–Trinajstić information content (AvgIpc) is 3.70. The lowest BCUT2D eigenvalue weighted by Crippen LogP contribution is -2.10. The van der Waals surface area contributed by atoms with E-state index >= 15 is 0 Å². The molecular weight excluding hydrogens is 617 g/mol. The van der Waals surface area contributed by atoms with Crippen LogP contribution in [-0.4, -0.2) is 4.98 Å². The molecule has 51 heavy (non-hydrogen) atoms. The maximum Gasteiger partial charge on any atom is 0.0644 e. The first kappa shape index (κ1) is 28.1. The first-order chi connectivity index (χ1) is 25.3. The van der Waals surface area contributed by atoms with Gasteiger partial charge in [0, 0.05) is 17.6 Å². The molecule has 0 spiro atoms. The van der Waals surface area contributed by atoms with Crippen molar-refractivity contribution in [1.29, 1.82) is 0 Å². The van der Waals surface area contributed by atoms with E-state index in [1.165, 1.54) is 88.3 Å². The van der Waals surface area contributed by atoms with Crippen molar-refractivity contribution in [2.45, 2.75) is 0 Å². The van der Waals surface area contributed by atoms with Crippen LogP contribution in [0.2, 0.25) is 0 Å². The standard InChI is InChI=1S/C49H30N2/c1-2-13-37(14-3-1)51(38-15-8-24-50-30-38)39-26-35(33-20-22-40-42-16-4-9-31-11-6-18-44(48(31)42)46(40)28-33)25-36(27-39)34-21-23-41-43-17-5-10-32-12-7-19-45(49(32)43)47(41)29-34/h1-30H. The highest BCUT2D eigenvalue weighted by Gasteiger charge is 2.24. The molecule has 0 aliphatic heterocycles. The fourth-order valence-electron chi connectivity index (χ4n) is 8.53. The maximum absolute atomic E-state index is 4.53. The zero-order valence-corrected chi connectivity index (χ0v) is 27.7. The molecule has 2 aliphatic carbocycles. The van der Waals surface area contributed by atoms with Crippen molar-refractivity contribution in [3.8, 4) is 66.8 Å². The monoisotopic (exact) mass is 646 g/mol. The highest BCUT2D eigenvalue weighted by Crippen LogP contribution is 2.51. The van der Waals surface area contributed by atoms with E-state index in [0.29, 0.717) is 0 Å². The SMILES string of the molecule is c1ccc(N(c2cccnc2)c2cc(-c3ccc4c(c3)-c3cccc5cccc-4c35)cc(-c3ccc4c(c3)-c3cccc5cccc-4c35)c2)cc1. The molecule has 0 unspecified atom stereocenters. The summed E-state index contributed by atoms with van der Waals surface area (Å²) in [6.07, 6.45) is 3.78.